The Kier molecular flexibility index (Phi) is 8.06. The number of thiazole rings is 1. The van der Waals surface area contributed by atoms with E-state index in [9.17, 15) is 19.7 Å². The number of hydrogen-bond donors (Lipinski definition) is 0. The number of benzene rings is 1. The maximum absolute atomic E-state index is 12.9. The lowest BCUT2D eigenvalue weighted by Gasteiger charge is -2.21. The van der Waals surface area contributed by atoms with Crippen LogP contribution in [0.4, 0.5) is 5.69 Å². The van der Waals surface area contributed by atoms with Gasteiger partial charge in [0.1, 0.15) is 5.01 Å². The number of non-ortho nitro benzene ring substituents is 1. The lowest BCUT2D eigenvalue weighted by atomic mass is 10.1. The molecule has 0 aliphatic carbocycles. The van der Waals surface area contributed by atoms with E-state index in [2.05, 4.69) is 11.9 Å². The molecule has 0 unspecified atom stereocenters. The smallest absolute Gasteiger partial charge is 0.357 e. The fraction of sp³-hybridized carbons (Fsp3) is 0.421. The number of unbranched alkanes of at least 4 members (excludes halogenated alkanes) is 2. The zero-order valence-corrected chi connectivity index (χ0v) is 16.7. The molecule has 2 rings (SSSR count). The summed E-state index contributed by atoms with van der Waals surface area (Å²) < 4.78 is 4.94. The summed E-state index contributed by atoms with van der Waals surface area (Å²) in [5, 5.41) is 13.1. The number of carbonyl (C=O) groups is 2. The Bertz CT molecular complexity index is 819. The van der Waals surface area contributed by atoms with Gasteiger partial charge in [-0.3, -0.25) is 14.9 Å². The van der Waals surface area contributed by atoms with Gasteiger partial charge in [0.2, 0.25) is 0 Å². The van der Waals surface area contributed by atoms with Crippen molar-refractivity contribution in [2.75, 3.05) is 13.2 Å². The van der Waals surface area contributed by atoms with Crippen molar-refractivity contribution in [2.45, 2.75) is 39.7 Å². The number of rotatable bonds is 10. The van der Waals surface area contributed by atoms with Crippen LogP contribution in [-0.2, 0) is 11.3 Å². The molecule has 8 nitrogen and oxygen atoms in total. The lowest BCUT2D eigenvalue weighted by molar-refractivity contribution is -0.384. The molecule has 0 N–H and O–H groups in total. The summed E-state index contributed by atoms with van der Waals surface area (Å²) in [5.74, 6) is -0.705. The molecule has 1 heterocycles. The van der Waals surface area contributed by atoms with Gasteiger partial charge in [0.15, 0.2) is 5.69 Å². The molecule has 0 spiro atoms. The Morgan fingerprint density at radius 1 is 1.21 bits per heavy atom. The topological polar surface area (TPSA) is 103 Å². The average Bonchev–Trinajstić information content (AvgIpc) is 3.16. The molecule has 0 atom stereocenters. The lowest BCUT2D eigenvalue weighted by Crippen LogP contribution is -2.31. The average molecular weight is 405 g/mol. The van der Waals surface area contributed by atoms with Gasteiger partial charge in [-0.2, -0.15) is 0 Å². The third-order valence-electron chi connectivity index (χ3n) is 4.01. The minimum absolute atomic E-state index is 0.0620. The zero-order valence-electron chi connectivity index (χ0n) is 15.9. The second-order valence-electron chi connectivity index (χ2n) is 6.08. The molecule has 0 aliphatic rings. The van der Waals surface area contributed by atoms with Gasteiger partial charge in [-0.15, -0.1) is 11.3 Å². The molecule has 2 aromatic rings. The van der Waals surface area contributed by atoms with E-state index in [1.165, 1.54) is 35.6 Å². The van der Waals surface area contributed by atoms with E-state index in [0.29, 0.717) is 17.1 Å². The number of aromatic nitrogens is 1. The van der Waals surface area contributed by atoms with Gasteiger partial charge in [-0.25, -0.2) is 9.78 Å². The van der Waals surface area contributed by atoms with E-state index < -0.39 is 10.9 Å². The van der Waals surface area contributed by atoms with Crippen LogP contribution in [0.15, 0.2) is 29.6 Å². The van der Waals surface area contributed by atoms with Crippen LogP contribution in [0.25, 0.3) is 0 Å². The molecule has 0 saturated heterocycles. The molecule has 0 radical (unpaired) electrons. The minimum atomic E-state index is -0.500. The summed E-state index contributed by atoms with van der Waals surface area (Å²) in [4.78, 5) is 40.9. The van der Waals surface area contributed by atoms with Crippen LogP contribution in [-0.4, -0.2) is 39.8 Å². The Labute approximate surface area is 167 Å². The monoisotopic (exact) mass is 405 g/mol. The van der Waals surface area contributed by atoms with Gasteiger partial charge in [0.05, 0.1) is 18.1 Å². The Hall–Kier alpha value is -2.81. The van der Waals surface area contributed by atoms with E-state index >= 15 is 0 Å². The van der Waals surface area contributed by atoms with Crippen LogP contribution < -0.4 is 0 Å². The van der Waals surface area contributed by atoms with Crippen molar-refractivity contribution < 1.29 is 19.2 Å². The van der Waals surface area contributed by atoms with Crippen LogP contribution in [0.5, 0.6) is 0 Å². The Balaban J connectivity index is 2.15. The summed E-state index contributed by atoms with van der Waals surface area (Å²) in [6, 6.07) is 5.55. The molecule has 0 aliphatic heterocycles. The Morgan fingerprint density at radius 2 is 1.93 bits per heavy atom. The predicted octanol–water partition coefficient (Wildman–Crippen LogP) is 4.06. The van der Waals surface area contributed by atoms with Gasteiger partial charge >= 0.3 is 5.97 Å². The second kappa shape index (κ2) is 10.5. The molecule has 0 saturated carbocycles. The first-order chi connectivity index (χ1) is 13.5. The third kappa shape index (κ3) is 5.85. The normalized spacial score (nSPS) is 10.5. The summed E-state index contributed by atoms with van der Waals surface area (Å²) in [5.41, 5.74) is 0.551. The maximum atomic E-state index is 12.9. The number of nitro groups is 1. The van der Waals surface area contributed by atoms with Gasteiger partial charge in [-0.05, 0) is 25.5 Å². The molecule has 1 aromatic heterocycles. The summed E-state index contributed by atoms with van der Waals surface area (Å²) in [6.45, 7) is 4.88. The van der Waals surface area contributed by atoms with Crippen molar-refractivity contribution >= 4 is 28.9 Å². The quantitative estimate of drug-likeness (QED) is 0.256. The largest absolute Gasteiger partial charge is 0.461 e. The summed E-state index contributed by atoms with van der Waals surface area (Å²) in [7, 11) is 0. The zero-order chi connectivity index (χ0) is 20.5. The molecule has 150 valence electrons. The summed E-state index contributed by atoms with van der Waals surface area (Å²) in [6.07, 6.45) is 2.84. The molecular weight excluding hydrogens is 382 g/mol. The highest BCUT2D eigenvalue weighted by Gasteiger charge is 2.20. The number of nitrogens with zero attached hydrogens (tertiary/aromatic N) is 3. The first-order valence-corrected chi connectivity index (χ1v) is 9.99. The van der Waals surface area contributed by atoms with Gasteiger partial charge in [0, 0.05) is 29.6 Å². The number of ether oxygens (including phenoxy) is 1. The number of amides is 1. The molecule has 1 amide bonds. The highest BCUT2D eigenvalue weighted by atomic mass is 32.1. The van der Waals surface area contributed by atoms with Crippen LogP contribution in [0, 0.1) is 10.1 Å². The van der Waals surface area contributed by atoms with Crippen molar-refractivity contribution in [2.24, 2.45) is 0 Å². The maximum Gasteiger partial charge on any atom is 0.357 e. The number of nitro benzene ring substituents is 1. The van der Waals surface area contributed by atoms with Gasteiger partial charge in [-0.1, -0.05) is 19.8 Å². The predicted molar refractivity (Wildman–Crippen MR) is 105 cm³/mol. The van der Waals surface area contributed by atoms with E-state index in [0.717, 1.165) is 19.3 Å². The van der Waals surface area contributed by atoms with E-state index in [-0.39, 0.29) is 30.4 Å². The van der Waals surface area contributed by atoms with Crippen LogP contribution in [0.3, 0.4) is 0 Å². The summed E-state index contributed by atoms with van der Waals surface area (Å²) >= 11 is 1.30. The van der Waals surface area contributed by atoms with Crippen molar-refractivity contribution in [1.29, 1.82) is 0 Å². The van der Waals surface area contributed by atoms with E-state index in [4.69, 9.17) is 4.74 Å². The fourth-order valence-corrected chi connectivity index (χ4v) is 3.34. The molecule has 1 aromatic carbocycles. The first kappa shape index (κ1) is 21.5. The van der Waals surface area contributed by atoms with Crippen LogP contribution in [0.2, 0.25) is 0 Å². The molecular formula is C19H23N3O5S. The number of hydrogen-bond acceptors (Lipinski definition) is 7. The van der Waals surface area contributed by atoms with E-state index in [1.54, 1.807) is 17.2 Å². The molecule has 0 bridgehead atoms. The minimum Gasteiger partial charge on any atom is -0.461 e. The van der Waals surface area contributed by atoms with Crippen molar-refractivity contribution in [3.05, 3.63) is 56.0 Å². The van der Waals surface area contributed by atoms with Crippen LogP contribution >= 0.6 is 11.3 Å². The Morgan fingerprint density at radius 3 is 2.54 bits per heavy atom. The van der Waals surface area contributed by atoms with Crippen molar-refractivity contribution in [3.63, 3.8) is 0 Å². The van der Waals surface area contributed by atoms with Gasteiger partial charge < -0.3 is 9.64 Å². The number of carbonyl (C=O) groups excluding carboxylic acids is 2. The first-order valence-electron chi connectivity index (χ1n) is 9.11. The molecule has 9 heteroatoms. The molecule has 0 fully saturated rings. The van der Waals surface area contributed by atoms with Crippen molar-refractivity contribution in [3.8, 4) is 0 Å². The van der Waals surface area contributed by atoms with Crippen molar-refractivity contribution in [1.82, 2.24) is 9.88 Å². The van der Waals surface area contributed by atoms with Crippen LogP contribution in [0.1, 0.15) is 59.0 Å². The van der Waals surface area contributed by atoms with E-state index in [1.807, 2.05) is 0 Å². The highest BCUT2D eigenvalue weighted by molar-refractivity contribution is 7.09. The molecule has 28 heavy (non-hydrogen) atoms. The van der Waals surface area contributed by atoms with Gasteiger partial charge in [0.25, 0.3) is 11.6 Å². The third-order valence-corrected chi connectivity index (χ3v) is 4.84. The fourth-order valence-electron chi connectivity index (χ4n) is 2.56. The highest BCUT2D eigenvalue weighted by Crippen LogP contribution is 2.18. The standard InChI is InChI=1S/C19H23N3O5S/c1-3-5-6-11-21(12-17-20-16(13-28-17)19(24)27-4-2)18(23)14-7-9-15(10-8-14)22(25)26/h7-10,13H,3-6,11-12H2,1-2H3. The SMILES string of the molecule is CCCCCN(Cc1nc(C(=O)OCC)cs1)C(=O)c1ccc([N+](=O)[O-])cc1. The second-order valence-corrected chi connectivity index (χ2v) is 7.03. The number of esters is 1.